The Morgan fingerprint density at radius 3 is 2.82 bits per heavy atom. The SMILES string of the molecule is CNC(C)(C#N)CCN(C)CC1CCCCO1. The quantitative estimate of drug-likeness (QED) is 0.761. The number of likely N-dealkylation sites (N-methyl/N-ethyl adjacent to an activating group) is 1. The minimum absolute atomic E-state index is 0.386. The fourth-order valence-corrected chi connectivity index (χ4v) is 2.04. The van der Waals surface area contributed by atoms with Gasteiger partial charge < -0.3 is 15.0 Å². The molecule has 0 aliphatic carbocycles. The summed E-state index contributed by atoms with van der Waals surface area (Å²) in [7, 11) is 3.94. The number of rotatable bonds is 6. The first-order chi connectivity index (χ1) is 8.09. The standard InChI is InChI=1S/C13H25N3O/c1-13(11-14,15-2)7-8-16(3)10-12-6-4-5-9-17-12/h12,15H,4-10H2,1-3H3. The maximum atomic E-state index is 9.06. The number of nitrogens with one attached hydrogen (secondary N) is 1. The zero-order valence-corrected chi connectivity index (χ0v) is 11.3. The molecular formula is C13H25N3O. The third-order valence-corrected chi connectivity index (χ3v) is 3.58. The molecule has 98 valence electrons. The molecule has 0 amide bonds. The molecule has 4 nitrogen and oxygen atoms in total. The van der Waals surface area contributed by atoms with Gasteiger partial charge in [-0.05, 0) is 46.7 Å². The van der Waals surface area contributed by atoms with Crippen LogP contribution in [0.15, 0.2) is 0 Å². The van der Waals surface area contributed by atoms with Gasteiger partial charge in [0.1, 0.15) is 5.54 Å². The van der Waals surface area contributed by atoms with E-state index in [9.17, 15) is 0 Å². The second-order valence-electron chi connectivity index (χ2n) is 5.19. The van der Waals surface area contributed by atoms with Gasteiger partial charge in [0.2, 0.25) is 0 Å². The summed E-state index contributed by atoms with van der Waals surface area (Å²) in [5.74, 6) is 0. The fraction of sp³-hybridized carbons (Fsp3) is 0.923. The second-order valence-corrected chi connectivity index (χ2v) is 5.19. The van der Waals surface area contributed by atoms with Crippen LogP contribution in [0.2, 0.25) is 0 Å². The van der Waals surface area contributed by atoms with E-state index < -0.39 is 5.54 Å². The van der Waals surface area contributed by atoms with Crippen LogP contribution < -0.4 is 5.32 Å². The number of nitriles is 1. The molecule has 1 saturated heterocycles. The molecule has 1 heterocycles. The average Bonchev–Trinajstić information content (AvgIpc) is 2.37. The number of hydrogen-bond donors (Lipinski definition) is 1. The van der Waals surface area contributed by atoms with Gasteiger partial charge in [0.25, 0.3) is 0 Å². The lowest BCUT2D eigenvalue weighted by atomic mass is 10.00. The van der Waals surface area contributed by atoms with Crippen molar-refractivity contribution in [3.8, 4) is 6.07 Å². The molecule has 0 aromatic heterocycles. The van der Waals surface area contributed by atoms with Gasteiger partial charge in [-0.15, -0.1) is 0 Å². The Balaban J connectivity index is 2.24. The maximum absolute atomic E-state index is 9.06. The summed E-state index contributed by atoms with van der Waals surface area (Å²) in [4.78, 5) is 2.27. The first kappa shape index (κ1) is 14.4. The molecule has 1 N–H and O–H groups in total. The summed E-state index contributed by atoms with van der Waals surface area (Å²) in [6.45, 7) is 4.75. The Hall–Kier alpha value is -0.630. The highest BCUT2D eigenvalue weighted by atomic mass is 16.5. The van der Waals surface area contributed by atoms with E-state index in [1.54, 1.807) is 0 Å². The van der Waals surface area contributed by atoms with Crippen molar-refractivity contribution in [1.29, 1.82) is 5.26 Å². The highest BCUT2D eigenvalue weighted by molar-refractivity contribution is 5.03. The molecule has 0 aromatic carbocycles. The van der Waals surface area contributed by atoms with Crippen molar-refractivity contribution in [1.82, 2.24) is 10.2 Å². The van der Waals surface area contributed by atoms with Crippen LogP contribution in [0.25, 0.3) is 0 Å². The summed E-state index contributed by atoms with van der Waals surface area (Å²) in [5, 5.41) is 12.1. The van der Waals surface area contributed by atoms with Crippen molar-refractivity contribution in [2.75, 3.05) is 33.8 Å². The molecule has 2 unspecified atom stereocenters. The largest absolute Gasteiger partial charge is 0.377 e. The predicted molar refractivity (Wildman–Crippen MR) is 68.8 cm³/mol. The Bertz CT molecular complexity index is 258. The summed E-state index contributed by atoms with van der Waals surface area (Å²) >= 11 is 0. The van der Waals surface area contributed by atoms with E-state index in [-0.39, 0.29) is 0 Å². The minimum Gasteiger partial charge on any atom is -0.377 e. The van der Waals surface area contributed by atoms with Gasteiger partial charge in [-0.1, -0.05) is 0 Å². The van der Waals surface area contributed by atoms with Crippen LogP contribution in [0.1, 0.15) is 32.6 Å². The van der Waals surface area contributed by atoms with Crippen LogP contribution in [-0.4, -0.2) is 50.3 Å². The zero-order valence-electron chi connectivity index (χ0n) is 11.3. The molecule has 0 aromatic rings. The molecule has 0 spiro atoms. The lowest BCUT2D eigenvalue weighted by molar-refractivity contribution is -0.00208. The lowest BCUT2D eigenvalue weighted by Crippen LogP contribution is -2.42. The molecule has 17 heavy (non-hydrogen) atoms. The molecule has 1 aliphatic rings. The molecule has 2 atom stereocenters. The van der Waals surface area contributed by atoms with E-state index in [0.29, 0.717) is 6.10 Å². The summed E-state index contributed by atoms with van der Waals surface area (Å²) in [6.07, 6.45) is 4.88. The van der Waals surface area contributed by atoms with E-state index >= 15 is 0 Å². The molecular weight excluding hydrogens is 214 g/mol. The summed E-state index contributed by atoms with van der Waals surface area (Å²) in [6, 6.07) is 2.32. The minimum atomic E-state index is -0.415. The Labute approximate surface area is 105 Å². The van der Waals surface area contributed by atoms with Crippen molar-refractivity contribution in [2.45, 2.75) is 44.2 Å². The van der Waals surface area contributed by atoms with Gasteiger partial charge in [-0.25, -0.2) is 0 Å². The third kappa shape index (κ3) is 5.03. The lowest BCUT2D eigenvalue weighted by Gasteiger charge is -2.29. The monoisotopic (exact) mass is 239 g/mol. The first-order valence-corrected chi connectivity index (χ1v) is 6.50. The molecule has 1 aliphatic heterocycles. The molecule has 1 fully saturated rings. The second kappa shape index (κ2) is 6.95. The van der Waals surface area contributed by atoms with Crippen LogP contribution in [0.3, 0.4) is 0 Å². The Kier molecular flexibility index (Phi) is 5.90. The van der Waals surface area contributed by atoms with Crippen molar-refractivity contribution in [2.24, 2.45) is 0 Å². The van der Waals surface area contributed by atoms with E-state index in [4.69, 9.17) is 10.00 Å². The number of nitrogens with zero attached hydrogens (tertiary/aromatic N) is 2. The highest BCUT2D eigenvalue weighted by Crippen LogP contribution is 2.14. The smallest absolute Gasteiger partial charge is 0.104 e. The van der Waals surface area contributed by atoms with Gasteiger partial charge in [0.15, 0.2) is 0 Å². The van der Waals surface area contributed by atoms with Gasteiger partial charge in [-0.2, -0.15) is 5.26 Å². The molecule has 1 rings (SSSR count). The maximum Gasteiger partial charge on any atom is 0.104 e. The van der Waals surface area contributed by atoms with Crippen molar-refractivity contribution in [3.63, 3.8) is 0 Å². The molecule has 4 heteroatoms. The predicted octanol–water partition coefficient (Wildman–Crippen LogP) is 1.38. The van der Waals surface area contributed by atoms with Crippen molar-refractivity contribution in [3.05, 3.63) is 0 Å². The van der Waals surface area contributed by atoms with Crippen LogP contribution in [0.5, 0.6) is 0 Å². The number of ether oxygens (including phenoxy) is 1. The molecule has 0 saturated carbocycles. The Morgan fingerprint density at radius 2 is 2.29 bits per heavy atom. The van der Waals surface area contributed by atoms with E-state index in [0.717, 1.165) is 26.1 Å². The topological polar surface area (TPSA) is 48.3 Å². The Morgan fingerprint density at radius 1 is 1.53 bits per heavy atom. The van der Waals surface area contributed by atoms with Crippen molar-refractivity contribution >= 4 is 0 Å². The molecule has 0 radical (unpaired) electrons. The van der Waals surface area contributed by atoms with Crippen molar-refractivity contribution < 1.29 is 4.74 Å². The van der Waals surface area contributed by atoms with Gasteiger partial charge >= 0.3 is 0 Å². The summed E-state index contributed by atoms with van der Waals surface area (Å²) in [5.41, 5.74) is -0.415. The fourth-order valence-electron chi connectivity index (χ4n) is 2.04. The summed E-state index contributed by atoms with van der Waals surface area (Å²) < 4.78 is 5.71. The molecule has 0 bridgehead atoms. The van der Waals surface area contributed by atoms with E-state index in [1.807, 2.05) is 14.0 Å². The normalized spacial score (nSPS) is 24.3. The third-order valence-electron chi connectivity index (χ3n) is 3.58. The van der Waals surface area contributed by atoms with Crippen LogP contribution in [0.4, 0.5) is 0 Å². The van der Waals surface area contributed by atoms with E-state index in [1.165, 1.54) is 19.3 Å². The van der Waals surface area contributed by atoms with Gasteiger partial charge in [0, 0.05) is 19.7 Å². The van der Waals surface area contributed by atoms with Crippen LogP contribution in [-0.2, 0) is 4.74 Å². The average molecular weight is 239 g/mol. The van der Waals surface area contributed by atoms with Crippen LogP contribution >= 0.6 is 0 Å². The highest BCUT2D eigenvalue weighted by Gasteiger charge is 2.22. The number of hydrogen-bond acceptors (Lipinski definition) is 4. The van der Waals surface area contributed by atoms with Gasteiger partial charge in [0.05, 0.1) is 12.2 Å². The van der Waals surface area contributed by atoms with Crippen LogP contribution in [0, 0.1) is 11.3 Å². The van der Waals surface area contributed by atoms with Gasteiger partial charge in [-0.3, -0.25) is 0 Å². The zero-order chi connectivity index (χ0) is 12.7. The van der Waals surface area contributed by atoms with E-state index in [2.05, 4.69) is 23.3 Å². The first-order valence-electron chi connectivity index (χ1n) is 6.50.